The summed E-state index contributed by atoms with van der Waals surface area (Å²) in [6.45, 7) is 0. The summed E-state index contributed by atoms with van der Waals surface area (Å²) in [5.74, 6) is -1.21. The first-order valence-corrected chi connectivity index (χ1v) is 13.1. The maximum Gasteiger partial charge on any atom is 0.443 e. The van der Waals surface area contributed by atoms with E-state index in [1.54, 1.807) is 30.1 Å². The normalized spacial score (nSPS) is 16.5. The number of hydrogen-bond donors (Lipinski definition) is 3. The molecule has 0 saturated heterocycles. The molecule has 0 aliphatic heterocycles. The summed E-state index contributed by atoms with van der Waals surface area (Å²) in [7, 11) is 1.71. The SMILES string of the molecule is CN(C(=O)C1CCCCC1)c1ccc2c(C(=O)NC3CC3)c(NC(=O)c3csc(C(F)(F)F)n3)[nH]c2c1. The molecule has 3 N–H and O–H groups in total. The molecule has 0 radical (unpaired) electrons. The van der Waals surface area contributed by atoms with Crippen LogP contribution in [0.3, 0.4) is 0 Å². The quantitative estimate of drug-likeness (QED) is 0.398. The number of carbonyl (C=O) groups excluding carboxylic acids is 3. The van der Waals surface area contributed by atoms with Gasteiger partial charge < -0.3 is 20.5 Å². The van der Waals surface area contributed by atoms with Crippen molar-refractivity contribution in [3.8, 4) is 0 Å². The first-order chi connectivity index (χ1) is 17.6. The Bertz CT molecular complexity index is 1360. The van der Waals surface area contributed by atoms with Crippen LogP contribution in [0.15, 0.2) is 23.6 Å². The minimum absolute atomic E-state index is 0.0208. The van der Waals surface area contributed by atoms with Crippen molar-refractivity contribution in [2.24, 2.45) is 5.92 Å². The van der Waals surface area contributed by atoms with Gasteiger partial charge in [-0.25, -0.2) is 4.98 Å². The third-order valence-electron chi connectivity index (χ3n) is 6.81. The number of H-pyrrole nitrogens is 1. The largest absolute Gasteiger partial charge is 0.443 e. The number of alkyl halides is 3. The summed E-state index contributed by atoms with van der Waals surface area (Å²) in [5.41, 5.74) is 0.911. The van der Waals surface area contributed by atoms with E-state index in [1.807, 2.05) is 0 Å². The number of nitrogens with zero attached hydrogens (tertiary/aromatic N) is 2. The number of rotatable bonds is 6. The Morgan fingerprint density at radius 1 is 1.08 bits per heavy atom. The van der Waals surface area contributed by atoms with Crippen LogP contribution in [-0.4, -0.2) is 40.8 Å². The van der Waals surface area contributed by atoms with Crippen LogP contribution in [0.1, 0.15) is 70.8 Å². The van der Waals surface area contributed by atoms with Crippen LogP contribution >= 0.6 is 11.3 Å². The van der Waals surface area contributed by atoms with E-state index in [9.17, 15) is 27.6 Å². The fourth-order valence-corrected chi connectivity index (χ4v) is 5.31. The van der Waals surface area contributed by atoms with E-state index in [4.69, 9.17) is 0 Å². The van der Waals surface area contributed by atoms with Crippen LogP contribution in [0.4, 0.5) is 24.7 Å². The van der Waals surface area contributed by atoms with Gasteiger partial charge in [0.1, 0.15) is 11.5 Å². The van der Waals surface area contributed by atoms with Crippen LogP contribution in [-0.2, 0) is 11.0 Å². The zero-order valence-corrected chi connectivity index (χ0v) is 20.9. The average Bonchev–Trinajstić information content (AvgIpc) is 3.39. The molecule has 12 heteroatoms. The lowest BCUT2D eigenvalue weighted by Crippen LogP contribution is -2.33. The maximum atomic E-state index is 13.1. The highest BCUT2D eigenvalue weighted by molar-refractivity contribution is 7.10. The number of nitrogens with one attached hydrogen (secondary N) is 3. The van der Waals surface area contributed by atoms with Gasteiger partial charge in [-0.05, 0) is 43.9 Å². The van der Waals surface area contributed by atoms with Gasteiger partial charge in [0.2, 0.25) is 5.91 Å². The Balaban J connectivity index is 1.45. The first-order valence-electron chi connectivity index (χ1n) is 12.2. The van der Waals surface area contributed by atoms with Crippen molar-refractivity contribution in [1.29, 1.82) is 0 Å². The Morgan fingerprint density at radius 2 is 1.81 bits per heavy atom. The van der Waals surface area contributed by atoms with Gasteiger partial charge in [0.15, 0.2) is 5.01 Å². The molecule has 8 nitrogen and oxygen atoms in total. The van der Waals surface area contributed by atoms with Gasteiger partial charge in [0.05, 0.1) is 5.56 Å². The van der Waals surface area contributed by atoms with E-state index in [0.717, 1.165) is 50.3 Å². The van der Waals surface area contributed by atoms with Crippen molar-refractivity contribution < 1.29 is 27.6 Å². The molecule has 0 bridgehead atoms. The fourth-order valence-electron chi connectivity index (χ4n) is 4.65. The highest BCUT2D eigenvalue weighted by atomic mass is 32.1. The summed E-state index contributed by atoms with van der Waals surface area (Å²) in [6, 6.07) is 5.22. The highest BCUT2D eigenvalue weighted by Crippen LogP contribution is 2.34. The summed E-state index contributed by atoms with van der Waals surface area (Å²) in [4.78, 5) is 46.8. The second kappa shape index (κ2) is 9.81. The molecule has 2 aliphatic carbocycles. The monoisotopic (exact) mass is 533 g/mol. The first kappa shape index (κ1) is 25.2. The Kier molecular flexibility index (Phi) is 6.69. The third kappa shape index (κ3) is 5.34. The molecule has 2 aliphatic rings. The predicted molar refractivity (Wildman–Crippen MR) is 134 cm³/mol. The van der Waals surface area contributed by atoms with E-state index in [1.165, 1.54) is 0 Å². The molecule has 2 saturated carbocycles. The van der Waals surface area contributed by atoms with Crippen molar-refractivity contribution in [3.63, 3.8) is 0 Å². The molecule has 1 aromatic carbocycles. The number of anilines is 2. The van der Waals surface area contributed by atoms with E-state index in [2.05, 4.69) is 20.6 Å². The van der Waals surface area contributed by atoms with Crippen LogP contribution in [0.25, 0.3) is 10.9 Å². The number of aromatic amines is 1. The van der Waals surface area contributed by atoms with Crippen molar-refractivity contribution in [1.82, 2.24) is 15.3 Å². The minimum atomic E-state index is -4.66. The summed E-state index contributed by atoms with van der Waals surface area (Å²) >= 11 is 0.323. The molecule has 3 amide bonds. The summed E-state index contributed by atoms with van der Waals surface area (Å²) < 4.78 is 38.8. The van der Waals surface area contributed by atoms with Crippen LogP contribution in [0.5, 0.6) is 0 Å². The molecule has 37 heavy (non-hydrogen) atoms. The molecule has 5 rings (SSSR count). The van der Waals surface area contributed by atoms with E-state index in [-0.39, 0.29) is 29.2 Å². The number of aromatic nitrogens is 2. The number of amides is 3. The predicted octanol–water partition coefficient (Wildman–Crippen LogP) is 5.33. The summed E-state index contributed by atoms with van der Waals surface area (Å²) in [6.07, 6.45) is 1.99. The lowest BCUT2D eigenvalue weighted by molar-refractivity contribution is -0.137. The molecule has 0 atom stereocenters. The second-order valence-electron chi connectivity index (χ2n) is 9.57. The third-order valence-corrected chi connectivity index (χ3v) is 7.70. The van der Waals surface area contributed by atoms with Gasteiger partial charge in [-0.1, -0.05) is 19.3 Å². The van der Waals surface area contributed by atoms with Crippen LogP contribution in [0, 0.1) is 5.92 Å². The second-order valence-corrected chi connectivity index (χ2v) is 10.4. The Hall–Kier alpha value is -3.41. The molecule has 196 valence electrons. The lowest BCUT2D eigenvalue weighted by Gasteiger charge is -2.26. The van der Waals surface area contributed by atoms with Gasteiger partial charge >= 0.3 is 6.18 Å². The van der Waals surface area contributed by atoms with Gasteiger partial charge in [0, 0.05) is 41.0 Å². The number of halogens is 3. The highest BCUT2D eigenvalue weighted by Gasteiger charge is 2.35. The fraction of sp³-hybridized carbons (Fsp3) is 0.440. The number of benzene rings is 1. The smallest absolute Gasteiger partial charge is 0.349 e. The molecular formula is C25H26F3N5O3S. The topological polar surface area (TPSA) is 107 Å². The lowest BCUT2D eigenvalue weighted by atomic mass is 9.88. The molecule has 2 heterocycles. The molecule has 2 aromatic heterocycles. The van der Waals surface area contributed by atoms with Crippen molar-refractivity contribution in [2.45, 2.75) is 57.2 Å². The van der Waals surface area contributed by atoms with Crippen molar-refractivity contribution in [2.75, 3.05) is 17.3 Å². The average molecular weight is 534 g/mol. The summed E-state index contributed by atoms with van der Waals surface area (Å²) in [5, 5.41) is 5.82. The molecule has 0 unspecified atom stereocenters. The standard InChI is InChI=1S/C25H26F3N5O3S/c1-33(23(36)13-5-3-2-4-6-13)15-9-10-16-17(11-15)30-20(19(16)22(35)29-14-7-8-14)32-21(34)18-12-37-24(31-18)25(26,27)28/h9-14,30H,2-8H2,1H3,(H,29,35)(H,32,34). The van der Waals surface area contributed by atoms with Crippen LogP contribution in [0.2, 0.25) is 0 Å². The maximum absolute atomic E-state index is 13.1. The molecule has 0 spiro atoms. The number of thiazole rings is 1. The van der Waals surface area contributed by atoms with Gasteiger partial charge in [-0.15, -0.1) is 11.3 Å². The van der Waals surface area contributed by atoms with Gasteiger partial charge in [-0.2, -0.15) is 13.2 Å². The number of hydrogen-bond acceptors (Lipinski definition) is 5. The van der Waals surface area contributed by atoms with E-state index >= 15 is 0 Å². The van der Waals surface area contributed by atoms with Crippen molar-refractivity contribution in [3.05, 3.63) is 39.8 Å². The van der Waals surface area contributed by atoms with Crippen molar-refractivity contribution >= 4 is 51.5 Å². The minimum Gasteiger partial charge on any atom is -0.349 e. The Morgan fingerprint density at radius 3 is 2.46 bits per heavy atom. The van der Waals surface area contributed by atoms with Gasteiger partial charge in [-0.3, -0.25) is 14.4 Å². The number of carbonyl (C=O) groups is 3. The zero-order valence-electron chi connectivity index (χ0n) is 20.1. The van der Waals surface area contributed by atoms with E-state index < -0.39 is 28.7 Å². The van der Waals surface area contributed by atoms with Crippen LogP contribution < -0.4 is 15.5 Å². The number of fused-ring (bicyclic) bond motifs is 1. The molecule has 2 fully saturated rings. The Labute approximate surface area is 214 Å². The molecular weight excluding hydrogens is 507 g/mol. The van der Waals surface area contributed by atoms with E-state index in [0.29, 0.717) is 27.9 Å². The van der Waals surface area contributed by atoms with Gasteiger partial charge in [0.25, 0.3) is 11.8 Å². The zero-order chi connectivity index (χ0) is 26.3. The molecule has 3 aromatic rings.